The Morgan fingerprint density at radius 3 is 2.72 bits per heavy atom. The minimum Gasteiger partial charge on any atom is -0.387 e. The number of aliphatic hydroxyl groups excluding tert-OH is 1. The van der Waals surface area contributed by atoms with E-state index in [4.69, 9.17) is 4.74 Å². The molecule has 0 spiro atoms. The molecule has 3 nitrogen and oxygen atoms in total. The van der Waals surface area contributed by atoms with Crippen molar-refractivity contribution in [2.45, 2.75) is 18.9 Å². The number of aromatic nitrogens is 1. The molecule has 0 amide bonds. The number of hydrogen-bond acceptors (Lipinski definition) is 3. The number of hydrogen-bond donors (Lipinski definition) is 1. The zero-order chi connectivity index (χ0) is 12.4. The molecule has 1 N–H and O–H groups in total. The standard InChI is InChI=1S/C15H17NO2/c17-15(12-7-9-18-10-8-12)14-6-5-11-3-1-2-4-13(11)16-14/h1-6,12,15,17H,7-10H2. The highest BCUT2D eigenvalue weighted by molar-refractivity contribution is 5.78. The molecule has 3 rings (SSSR count). The highest BCUT2D eigenvalue weighted by atomic mass is 16.5. The maximum Gasteiger partial charge on any atom is 0.0989 e. The van der Waals surface area contributed by atoms with Crippen LogP contribution in [0.15, 0.2) is 36.4 Å². The van der Waals surface area contributed by atoms with E-state index in [1.165, 1.54) is 0 Å². The summed E-state index contributed by atoms with van der Waals surface area (Å²) in [6.07, 6.45) is 1.35. The molecule has 0 saturated carbocycles. The van der Waals surface area contributed by atoms with Gasteiger partial charge < -0.3 is 9.84 Å². The fourth-order valence-electron chi connectivity index (χ4n) is 2.52. The minimum atomic E-state index is -0.474. The molecule has 0 radical (unpaired) electrons. The van der Waals surface area contributed by atoms with Crippen LogP contribution in [-0.2, 0) is 4.74 Å². The van der Waals surface area contributed by atoms with Crippen molar-refractivity contribution in [2.75, 3.05) is 13.2 Å². The number of para-hydroxylation sites is 1. The van der Waals surface area contributed by atoms with Crippen molar-refractivity contribution in [3.8, 4) is 0 Å². The molecule has 94 valence electrons. The molecule has 2 heterocycles. The Balaban J connectivity index is 1.88. The first-order valence-corrected chi connectivity index (χ1v) is 6.46. The molecule has 1 fully saturated rings. The van der Waals surface area contributed by atoms with Crippen LogP contribution >= 0.6 is 0 Å². The molecular formula is C15H17NO2. The van der Waals surface area contributed by atoms with Crippen molar-refractivity contribution >= 4 is 10.9 Å². The normalized spacial score (nSPS) is 18.9. The first-order chi connectivity index (χ1) is 8.84. The predicted octanol–water partition coefficient (Wildman–Crippen LogP) is 2.69. The molecule has 1 aliphatic rings. The molecule has 1 saturated heterocycles. The lowest BCUT2D eigenvalue weighted by Gasteiger charge is -2.26. The van der Waals surface area contributed by atoms with Crippen LogP contribution in [-0.4, -0.2) is 23.3 Å². The Kier molecular flexibility index (Phi) is 3.26. The lowest BCUT2D eigenvalue weighted by atomic mass is 9.91. The molecule has 0 aliphatic carbocycles. The van der Waals surface area contributed by atoms with E-state index in [2.05, 4.69) is 4.98 Å². The molecule has 1 aliphatic heterocycles. The first kappa shape index (κ1) is 11.6. The Bertz CT molecular complexity index is 535. The van der Waals surface area contributed by atoms with Gasteiger partial charge in [-0.05, 0) is 30.9 Å². The molecule has 2 aromatic rings. The van der Waals surface area contributed by atoms with Crippen LogP contribution in [0.2, 0.25) is 0 Å². The van der Waals surface area contributed by atoms with Gasteiger partial charge in [0.25, 0.3) is 0 Å². The maximum atomic E-state index is 10.4. The van der Waals surface area contributed by atoms with Gasteiger partial charge in [0.2, 0.25) is 0 Å². The summed E-state index contributed by atoms with van der Waals surface area (Å²) in [7, 11) is 0. The molecule has 1 atom stereocenters. The van der Waals surface area contributed by atoms with E-state index >= 15 is 0 Å². The van der Waals surface area contributed by atoms with E-state index in [1.807, 2.05) is 36.4 Å². The highest BCUT2D eigenvalue weighted by Crippen LogP contribution is 2.29. The van der Waals surface area contributed by atoms with E-state index in [-0.39, 0.29) is 5.92 Å². The average Bonchev–Trinajstić information content (AvgIpc) is 2.47. The van der Waals surface area contributed by atoms with Gasteiger partial charge in [0.05, 0.1) is 17.3 Å². The van der Waals surface area contributed by atoms with Crippen molar-refractivity contribution in [3.63, 3.8) is 0 Å². The van der Waals surface area contributed by atoms with Crippen LogP contribution < -0.4 is 0 Å². The number of pyridine rings is 1. The Hall–Kier alpha value is -1.45. The van der Waals surface area contributed by atoms with Crippen molar-refractivity contribution in [3.05, 3.63) is 42.1 Å². The molecule has 0 bridgehead atoms. The SMILES string of the molecule is OC(c1ccc2ccccc2n1)C1CCOCC1. The van der Waals surface area contributed by atoms with Crippen molar-refractivity contribution in [2.24, 2.45) is 5.92 Å². The van der Waals surface area contributed by atoms with E-state index < -0.39 is 6.10 Å². The zero-order valence-corrected chi connectivity index (χ0v) is 10.2. The molecule has 18 heavy (non-hydrogen) atoms. The van der Waals surface area contributed by atoms with Gasteiger partial charge in [0.1, 0.15) is 0 Å². The van der Waals surface area contributed by atoms with Gasteiger partial charge in [-0.3, -0.25) is 4.98 Å². The third kappa shape index (κ3) is 2.24. The summed E-state index contributed by atoms with van der Waals surface area (Å²) in [5.41, 5.74) is 1.72. The number of fused-ring (bicyclic) bond motifs is 1. The van der Waals surface area contributed by atoms with Crippen LogP contribution in [0.5, 0.6) is 0 Å². The van der Waals surface area contributed by atoms with Gasteiger partial charge in [0.15, 0.2) is 0 Å². The van der Waals surface area contributed by atoms with Gasteiger partial charge in [-0.1, -0.05) is 24.3 Å². The topological polar surface area (TPSA) is 42.4 Å². The minimum absolute atomic E-state index is 0.271. The van der Waals surface area contributed by atoms with Crippen LogP contribution in [0.4, 0.5) is 0 Å². The third-order valence-electron chi connectivity index (χ3n) is 3.64. The number of benzene rings is 1. The quantitative estimate of drug-likeness (QED) is 0.881. The van der Waals surface area contributed by atoms with E-state index in [1.54, 1.807) is 0 Å². The van der Waals surface area contributed by atoms with Crippen LogP contribution in [0, 0.1) is 5.92 Å². The van der Waals surface area contributed by atoms with Crippen LogP contribution in [0.1, 0.15) is 24.6 Å². The first-order valence-electron chi connectivity index (χ1n) is 6.46. The van der Waals surface area contributed by atoms with Crippen molar-refractivity contribution in [1.29, 1.82) is 0 Å². The van der Waals surface area contributed by atoms with Crippen LogP contribution in [0.3, 0.4) is 0 Å². The lowest BCUT2D eigenvalue weighted by Crippen LogP contribution is -2.22. The van der Waals surface area contributed by atoms with Gasteiger partial charge in [-0.2, -0.15) is 0 Å². The molecule has 1 unspecified atom stereocenters. The Labute approximate surface area is 106 Å². The summed E-state index contributed by atoms with van der Waals surface area (Å²) in [4.78, 5) is 4.56. The predicted molar refractivity (Wildman–Crippen MR) is 70.2 cm³/mol. The molecular weight excluding hydrogens is 226 g/mol. The van der Waals surface area contributed by atoms with Gasteiger partial charge >= 0.3 is 0 Å². The smallest absolute Gasteiger partial charge is 0.0989 e. The average molecular weight is 243 g/mol. The fourth-order valence-corrected chi connectivity index (χ4v) is 2.52. The third-order valence-corrected chi connectivity index (χ3v) is 3.64. The summed E-state index contributed by atoms with van der Waals surface area (Å²) in [5, 5.41) is 11.5. The van der Waals surface area contributed by atoms with Crippen LogP contribution in [0.25, 0.3) is 10.9 Å². The zero-order valence-electron chi connectivity index (χ0n) is 10.2. The van der Waals surface area contributed by atoms with Crippen molar-refractivity contribution in [1.82, 2.24) is 4.98 Å². The number of aliphatic hydroxyl groups is 1. The largest absolute Gasteiger partial charge is 0.387 e. The fraction of sp³-hybridized carbons (Fsp3) is 0.400. The van der Waals surface area contributed by atoms with Gasteiger partial charge in [0, 0.05) is 18.6 Å². The van der Waals surface area contributed by atoms with Gasteiger partial charge in [-0.15, -0.1) is 0 Å². The molecule has 1 aromatic heterocycles. The van der Waals surface area contributed by atoms with E-state index in [9.17, 15) is 5.11 Å². The number of nitrogens with zero attached hydrogens (tertiary/aromatic N) is 1. The Morgan fingerprint density at radius 2 is 1.89 bits per heavy atom. The number of rotatable bonds is 2. The lowest BCUT2D eigenvalue weighted by molar-refractivity contribution is 0.00570. The van der Waals surface area contributed by atoms with E-state index in [0.29, 0.717) is 0 Å². The second kappa shape index (κ2) is 5.04. The summed E-state index contributed by atoms with van der Waals surface area (Å²) >= 11 is 0. The number of ether oxygens (including phenoxy) is 1. The monoisotopic (exact) mass is 243 g/mol. The van der Waals surface area contributed by atoms with Gasteiger partial charge in [-0.25, -0.2) is 0 Å². The van der Waals surface area contributed by atoms with E-state index in [0.717, 1.165) is 42.7 Å². The highest BCUT2D eigenvalue weighted by Gasteiger charge is 2.24. The second-order valence-corrected chi connectivity index (χ2v) is 4.82. The summed E-state index contributed by atoms with van der Waals surface area (Å²) < 4.78 is 5.32. The maximum absolute atomic E-state index is 10.4. The summed E-state index contributed by atoms with van der Waals surface area (Å²) in [5.74, 6) is 0.271. The molecule has 1 aromatic carbocycles. The summed E-state index contributed by atoms with van der Waals surface area (Å²) in [6.45, 7) is 1.49. The molecule has 3 heteroatoms. The van der Waals surface area contributed by atoms with Crippen molar-refractivity contribution < 1.29 is 9.84 Å². The summed E-state index contributed by atoms with van der Waals surface area (Å²) in [6, 6.07) is 11.9. The Morgan fingerprint density at radius 1 is 1.11 bits per heavy atom. The second-order valence-electron chi connectivity index (χ2n) is 4.82.